The van der Waals surface area contributed by atoms with Crippen LogP contribution < -0.4 is 11.0 Å². The molecule has 0 spiro atoms. The second-order valence-electron chi connectivity index (χ2n) is 9.79. The maximum Gasteiger partial charge on any atom is 0.410 e. The van der Waals surface area contributed by atoms with E-state index in [1.807, 2.05) is 20.8 Å². The molecule has 2 saturated heterocycles. The highest BCUT2D eigenvalue weighted by Crippen LogP contribution is 2.39. The summed E-state index contributed by atoms with van der Waals surface area (Å²) in [6.07, 6.45) is 1.35. The molecule has 2 fully saturated rings. The summed E-state index contributed by atoms with van der Waals surface area (Å²) in [4.78, 5) is 50.9. The van der Waals surface area contributed by atoms with Crippen molar-refractivity contribution in [1.82, 2.24) is 19.4 Å². The normalized spacial score (nSPS) is 20.2. The summed E-state index contributed by atoms with van der Waals surface area (Å²) in [6, 6.07) is 2.73. The summed E-state index contributed by atoms with van der Waals surface area (Å²) in [6.45, 7) is 6.50. The number of piperidine rings is 2. The zero-order valence-corrected chi connectivity index (χ0v) is 19.4. The fourth-order valence-corrected chi connectivity index (χ4v) is 4.73. The van der Waals surface area contributed by atoms with Gasteiger partial charge in [0.05, 0.1) is 5.52 Å². The van der Waals surface area contributed by atoms with Gasteiger partial charge in [0.25, 0.3) is 0 Å². The highest BCUT2D eigenvalue weighted by Gasteiger charge is 2.33. The van der Waals surface area contributed by atoms with Crippen molar-refractivity contribution in [2.45, 2.75) is 64.0 Å². The van der Waals surface area contributed by atoms with E-state index in [4.69, 9.17) is 4.74 Å². The van der Waals surface area contributed by atoms with Crippen LogP contribution in [-0.4, -0.2) is 55.7 Å². The average Bonchev–Trinajstić information content (AvgIpc) is 2.98. The van der Waals surface area contributed by atoms with Gasteiger partial charge in [-0.3, -0.25) is 24.0 Å². The van der Waals surface area contributed by atoms with Gasteiger partial charge in [-0.15, -0.1) is 0 Å². The van der Waals surface area contributed by atoms with Crippen LogP contribution in [0, 0.1) is 0 Å². The largest absolute Gasteiger partial charge is 0.505 e. The van der Waals surface area contributed by atoms with Crippen molar-refractivity contribution in [2.24, 2.45) is 7.05 Å². The Labute approximate surface area is 191 Å². The number of imidazole rings is 1. The lowest BCUT2D eigenvalue weighted by Crippen LogP contribution is -2.44. The summed E-state index contributed by atoms with van der Waals surface area (Å²) in [7, 11) is 1.56. The van der Waals surface area contributed by atoms with Gasteiger partial charge in [0.15, 0.2) is 0 Å². The number of carbonyl (C=O) groups excluding carboxylic acids is 3. The van der Waals surface area contributed by atoms with Crippen LogP contribution in [0.3, 0.4) is 0 Å². The molecule has 2 aromatic rings. The highest BCUT2D eigenvalue weighted by molar-refractivity contribution is 6.00. The van der Waals surface area contributed by atoms with Crippen LogP contribution >= 0.6 is 0 Å². The van der Waals surface area contributed by atoms with Gasteiger partial charge >= 0.3 is 11.8 Å². The van der Waals surface area contributed by atoms with E-state index < -0.39 is 23.2 Å². The molecule has 1 atom stereocenters. The third-order valence-corrected chi connectivity index (χ3v) is 6.36. The first-order chi connectivity index (χ1) is 15.5. The molecule has 3 heterocycles. The van der Waals surface area contributed by atoms with Crippen molar-refractivity contribution in [3.63, 3.8) is 0 Å². The van der Waals surface area contributed by atoms with E-state index in [1.54, 1.807) is 24.1 Å². The summed E-state index contributed by atoms with van der Waals surface area (Å²) in [5, 5.41) is 13.4. The van der Waals surface area contributed by atoms with E-state index in [-0.39, 0.29) is 36.5 Å². The van der Waals surface area contributed by atoms with Crippen LogP contribution in [0.5, 0.6) is 5.75 Å². The van der Waals surface area contributed by atoms with E-state index in [2.05, 4.69) is 5.32 Å². The minimum atomic E-state index is -0.804. The molecule has 2 aliphatic rings. The van der Waals surface area contributed by atoms with Crippen molar-refractivity contribution in [3.8, 4) is 5.75 Å². The Hall–Kier alpha value is -3.30. The molecule has 2 N–H and O–H groups in total. The molecule has 0 saturated carbocycles. The van der Waals surface area contributed by atoms with Crippen molar-refractivity contribution in [3.05, 3.63) is 28.2 Å². The van der Waals surface area contributed by atoms with Crippen LogP contribution in [0.15, 0.2) is 16.9 Å². The molecule has 33 heavy (non-hydrogen) atoms. The SMILES string of the molecule is Cn1c(=O)n(C2CCC(=O)NC2=O)c2ccc(C3CCN(C(=O)OC(C)(C)C)CC3)c(O)c21. The Bertz CT molecular complexity index is 1180. The molecule has 178 valence electrons. The maximum absolute atomic E-state index is 13.0. The van der Waals surface area contributed by atoms with Crippen LogP contribution in [0.25, 0.3) is 11.0 Å². The van der Waals surface area contributed by atoms with Crippen LogP contribution in [0.2, 0.25) is 0 Å². The number of imide groups is 1. The number of aryl methyl sites for hydroxylation is 1. The van der Waals surface area contributed by atoms with E-state index in [0.29, 0.717) is 42.5 Å². The fraction of sp³-hybridized carbons (Fsp3) is 0.565. The lowest BCUT2D eigenvalue weighted by Gasteiger charge is -2.33. The summed E-state index contributed by atoms with van der Waals surface area (Å²) >= 11 is 0. The smallest absolute Gasteiger partial charge is 0.410 e. The number of ether oxygens (including phenoxy) is 1. The Morgan fingerprint density at radius 3 is 2.39 bits per heavy atom. The molecule has 10 heteroatoms. The second kappa shape index (κ2) is 8.24. The number of fused-ring (bicyclic) bond motifs is 1. The van der Waals surface area contributed by atoms with E-state index in [1.165, 1.54) is 9.13 Å². The predicted octanol–water partition coefficient (Wildman–Crippen LogP) is 2.14. The number of phenolic OH excluding ortho intramolecular Hbond substituents is 1. The van der Waals surface area contributed by atoms with E-state index >= 15 is 0 Å². The zero-order valence-electron chi connectivity index (χ0n) is 19.4. The number of aromatic hydroxyl groups is 1. The second-order valence-corrected chi connectivity index (χ2v) is 9.79. The Morgan fingerprint density at radius 1 is 1.12 bits per heavy atom. The Kier molecular flexibility index (Phi) is 5.71. The van der Waals surface area contributed by atoms with Crippen LogP contribution in [0.4, 0.5) is 4.79 Å². The molecule has 10 nitrogen and oxygen atoms in total. The summed E-state index contributed by atoms with van der Waals surface area (Å²) in [5.41, 5.74) is 0.535. The molecule has 0 bridgehead atoms. The number of likely N-dealkylation sites (tertiary alicyclic amines) is 1. The lowest BCUT2D eigenvalue weighted by molar-refractivity contribution is -0.135. The number of benzene rings is 1. The van der Waals surface area contributed by atoms with Crippen molar-refractivity contribution in [2.75, 3.05) is 13.1 Å². The first kappa shape index (κ1) is 22.9. The lowest BCUT2D eigenvalue weighted by atomic mass is 9.88. The first-order valence-electron chi connectivity index (χ1n) is 11.2. The Balaban J connectivity index is 1.60. The third kappa shape index (κ3) is 4.21. The highest BCUT2D eigenvalue weighted by atomic mass is 16.6. The average molecular weight is 459 g/mol. The number of amides is 3. The summed E-state index contributed by atoms with van der Waals surface area (Å²) < 4.78 is 8.14. The van der Waals surface area contributed by atoms with Gasteiger partial charge in [-0.1, -0.05) is 6.07 Å². The molecule has 0 aliphatic carbocycles. The monoisotopic (exact) mass is 458 g/mol. The minimum absolute atomic E-state index is 0.00821. The molecule has 1 aromatic carbocycles. The molecule has 4 rings (SSSR count). The van der Waals surface area contributed by atoms with Gasteiger partial charge in [-0.25, -0.2) is 9.59 Å². The molecule has 2 aliphatic heterocycles. The van der Waals surface area contributed by atoms with Crippen LogP contribution in [-0.2, 0) is 21.4 Å². The fourth-order valence-electron chi connectivity index (χ4n) is 4.73. The number of hydrogen-bond acceptors (Lipinski definition) is 6. The van der Waals surface area contributed by atoms with Gasteiger partial charge in [-0.05, 0) is 57.6 Å². The first-order valence-corrected chi connectivity index (χ1v) is 11.2. The number of carbonyl (C=O) groups is 3. The van der Waals surface area contributed by atoms with Crippen molar-refractivity contribution >= 4 is 28.9 Å². The molecular weight excluding hydrogens is 428 g/mol. The third-order valence-electron chi connectivity index (χ3n) is 6.36. The zero-order chi connectivity index (χ0) is 24.1. The Morgan fingerprint density at radius 2 is 1.79 bits per heavy atom. The predicted molar refractivity (Wildman–Crippen MR) is 120 cm³/mol. The number of rotatable bonds is 2. The number of aromatic nitrogens is 2. The summed E-state index contributed by atoms with van der Waals surface area (Å²) in [5.74, 6) is -0.845. The van der Waals surface area contributed by atoms with E-state index in [9.17, 15) is 24.3 Å². The molecule has 1 aromatic heterocycles. The molecule has 0 radical (unpaired) electrons. The molecule has 1 unspecified atom stereocenters. The number of hydrogen-bond donors (Lipinski definition) is 2. The topological polar surface area (TPSA) is 123 Å². The quantitative estimate of drug-likeness (QED) is 0.665. The standard InChI is InChI=1S/C23H30N4O6/c1-23(2,3)33-22(32)26-11-9-13(10-12-26)14-5-6-15-18(19(14)29)25(4)21(31)27(15)16-7-8-17(28)24-20(16)30/h5-6,13,16,29H,7-12H2,1-4H3,(H,24,28,30). The van der Waals surface area contributed by atoms with Gasteiger partial charge < -0.3 is 14.7 Å². The number of nitrogens with zero attached hydrogens (tertiary/aromatic N) is 3. The maximum atomic E-state index is 13.0. The number of phenols is 1. The van der Waals surface area contributed by atoms with Gasteiger partial charge in [-0.2, -0.15) is 0 Å². The number of nitrogens with one attached hydrogen (secondary N) is 1. The molecule has 3 amide bonds. The van der Waals surface area contributed by atoms with Gasteiger partial charge in [0.1, 0.15) is 22.9 Å². The van der Waals surface area contributed by atoms with Crippen LogP contribution in [0.1, 0.15) is 64.0 Å². The molecular formula is C23H30N4O6. The van der Waals surface area contributed by atoms with Crippen molar-refractivity contribution < 1.29 is 24.2 Å². The van der Waals surface area contributed by atoms with Gasteiger partial charge in [0.2, 0.25) is 11.8 Å². The van der Waals surface area contributed by atoms with Crippen molar-refractivity contribution in [1.29, 1.82) is 0 Å². The van der Waals surface area contributed by atoms with E-state index in [0.717, 1.165) is 0 Å². The van der Waals surface area contributed by atoms with Gasteiger partial charge in [0, 0.05) is 26.6 Å². The minimum Gasteiger partial charge on any atom is -0.505 e.